The Kier molecular flexibility index (Phi) is 6.76. The number of nitrogens with one attached hydrogen (secondary N) is 1. The first-order valence-corrected chi connectivity index (χ1v) is 12.4. The molecule has 0 aliphatic carbocycles. The molecular weight excluding hydrogens is 484 g/mol. The molecule has 0 saturated carbocycles. The second-order valence-electron chi connectivity index (χ2n) is 8.90. The molecule has 1 saturated heterocycles. The summed E-state index contributed by atoms with van der Waals surface area (Å²) in [6, 6.07) is 21.6. The predicted molar refractivity (Wildman–Crippen MR) is 149 cm³/mol. The number of thiocarbonyl (C=S) groups is 1. The number of hydrogen-bond acceptors (Lipinski definition) is 5. The van der Waals surface area contributed by atoms with Crippen molar-refractivity contribution in [1.82, 2.24) is 14.9 Å². The highest BCUT2D eigenvalue weighted by molar-refractivity contribution is 7.80. The molecule has 37 heavy (non-hydrogen) atoms. The maximum atomic E-state index is 5.94. The van der Waals surface area contributed by atoms with E-state index in [9.17, 15) is 0 Å². The van der Waals surface area contributed by atoms with Crippen LogP contribution in [0.1, 0.15) is 34.7 Å². The fraction of sp³-hybridized carbons (Fsp3) is 0.241. The van der Waals surface area contributed by atoms with E-state index in [0.717, 1.165) is 45.5 Å². The Morgan fingerprint density at radius 3 is 2.35 bits per heavy atom. The summed E-state index contributed by atoms with van der Waals surface area (Å²) in [6.07, 6.45) is 1.81. The predicted octanol–water partition coefficient (Wildman–Crippen LogP) is 5.69. The van der Waals surface area contributed by atoms with Crippen LogP contribution in [0.15, 0.2) is 72.9 Å². The number of methoxy groups -OCH3 is 3. The average Bonchev–Trinajstić information content (AvgIpc) is 3.43. The van der Waals surface area contributed by atoms with Gasteiger partial charge in [-0.15, -0.1) is 0 Å². The Hall–Kier alpha value is -4.04. The van der Waals surface area contributed by atoms with Crippen LogP contribution in [0, 0.1) is 13.8 Å². The summed E-state index contributed by atoms with van der Waals surface area (Å²) in [5.41, 5.74) is 6.12. The fourth-order valence-electron chi connectivity index (χ4n) is 5.15. The molecule has 7 nitrogen and oxygen atoms in total. The van der Waals surface area contributed by atoms with E-state index in [1.165, 1.54) is 0 Å². The number of pyridine rings is 1. The van der Waals surface area contributed by atoms with E-state index in [0.29, 0.717) is 10.9 Å². The van der Waals surface area contributed by atoms with E-state index >= 15 is 0 Å². The van der Waals surface area contributed by atoms with Gasteiger partial charge in [-0.3, -0.25) is 4.98 Å². The van der Waals surface area contributed by atoms with Gasteiger partial charge in [0.15, 0.2) is 5.11 Å². The number of ether oxygens (including phenoxy) is 3. The molecule has 1 aliphatic heterocycles. The highest BCUT2D eigenvalue weighted by atomic mass is 32.1. The van der Waals surface area contributed by atoms with Crippen LogP contribution in [0.2, 0.25) is 0 Å². The maximum Gasteiger partial charge on any atom is 0.174 e. The van der Waals surface area contributed by atoms with Gasteiger partial charge in [0, 0.05) is 35.4 Å². The van der Waals surface area contributed by atoms with Gasteiger partial charge < -0.3 is 29.0 Å². The highest BCUT2D eigenvalue weighted by Crippen LogP contribution is 2.47. The van der Waals surface area contributed by atoms with Crippen molar-refractivity contribution in [1.29, 1.82) is 0 Å². The van der Waals surface area contributed by atoms with Gasteiger partial charge >= 0.3 is 0 Å². The third-order valence-electron chi connectivity index (χ3n) is 6.84. The molecule has 0 bridgehead atoms. The lowest BCUT2D eigenvalue weighted by molar-refractivity contribution is 0.403. The van der Waals surface area contributed by atoms with Gasteiger partial charge in [-0.25, -0.2) is 0 Å². The molecule has 0 spiro atoms. The maximum absolute atomic E-state index is 5.94. The highest BCUT2D eigenvalue weighted by Gasteiger charge is 2.43. The molecule has 1 aliphatic rings. The largest absolute Gasteiger partial charge is 0.497 e. The third kappa shape index (κ3) is 4.38. The zero-order chi connectivity index (χ0) is 26.1. The quantitative estimate of drug-likeness (QED) is 0.318. The monoisotopic (exact) mass is 514 g/mol. The van der Waals surface area contributed by atoms with E-state index in [1.807, 2.05) is 60.8 Å². The normalized spacial score (nSPS) is 17.0. The molecule has 1 N–H and O–H groups in total. The Morgan fingerprint density at radius 1 is 0.865 bits per heavy atom. The van der Waals surface area contributed by atoms with Crippen LogP contribution in [0.5, 0.6) is 17.2 Å². The van der Waals surface area contributed by atoms with Crippen LogP contribution in [0.4, 0.5) is 5.69 Å². The lowest BCUT2D eigenvalue weighted by atomic mass is 9.96. The molecule has 2 atom stereocenters. The van der Waals surface area contributed by atoms with Crippen molar-refractivity contribution in [3.05, 3.63) is 95.6 Å². The van der Waals surface area contributed by atoms with Crippen LogP contribution in [-0.4, -0.2) is 36.0 Å². The topological polar surface area (TPSA) is 60.8 Å². The molecular formula is C29H30N4O3S. The van der Waals surface area contributed by atoms with Crippen molar-refractivity contribution in [3.8, 4) is 22.9 Å². The first-order valence-electron chi connectivity index (χ1n) is 12.0. The second kappa shape index (κ2) is 10.1. The van der Waals surface area contributed by atoms with Crippen LogP contribution in [-0.2, 0) is 0 Å². The van der Waals surface area contributed by atoms with Gasteiger partial charge in [0.2, 0.25) is 0 Å². The molecule has 0 unspecified atom stereocenters. The zero-order valence-electron chi connectivity index (χ0n) is 21.6. The summed E-state index contributed by atoms with van der Waals surface area (Å²) in [7, 11) is 5.00. The number of anilines is 1. The van der Waals surface area contributed by atoms with Crippen molar-refractivity contribution < 1.29 is 14.2 Å². The van der Waals surface area contributed by atoms with Crippen LogP contribution >= 0.6 is 12.2 Å². The van der Waals surface area contributed by atoms with Gasteiger partial charge in [-0.05, 0) is 74.1 Å². The minimum Gasteiger partial charge on any atom is -0.497 e. The summed E-state index contributed by atoms with van der Waals surface area (Å²) in [5, 5.41) is 4.14. The number of aryl methyl sites for hydroxylation is 1. The number of nitrogens with zero attached hydrogens (tertiary/aromatic N) is 3. The van der Waals surface area contributed by atoms with Crippen molar-refractivity contribution in [2.24, 2.45) is 0 Å². The molecule has 4 aromatic rings. The average molecular weight is 515 g/mol. The molecule has 190 valence electrons. The number of rotatable bonds is 7. The van der Waals surface area contributed by atoms with E-state index in [4.69, 9.17) is 26.4 Å². The lowest BCUT2D eigenvalue weighted by Gasteiger charge is -2.29. The standard InChI is InChI=1S/C29H30N4O3S/c1-18-15-23(19(2)32(18)20-9-8-10-21(16-20)34-3)28-27(24-11-6-7-14-30-24)31-29(37)33(28)25-17-22(35-4)12-13-26(25)36-5/h6-17,27-28H,1-5H3,(H,31,37)/t27-,28-/m1/s1. The van der Waals surface area contributed by atoms with Crippen LogP contribution < -0.4 is 24.4 Å². The van der Waals surface area contributed by atoms with Crippen molar-refractivity contribution in [2.75, 3.05) is 26.2 Å². The van der Waals surface area contributed by atoms with Crippen molar-refractivity contribution >= 4 is 23.0 Å². The van der Waals surface area contributed by atoms with Gasteiger partial charge in [0.25, 0.3) is 0 Å². The Balaban J connectivity index is 1.71. The second-order valence-corrected chi connectivity index (χ2v) is 9.28. The molecule has 5 rings (SSSR count). The number of aromatic nitrogens is 2. The van der Waals surface area contributed by atoms with E-state index < -0.39 is 0 Å². The van der Waals surface area contributed by atoms with E-state index in [-0.39, 0.29) is 12.1 Å². The SMILES string of the molecule is COc1cccc(-n2c(C)cc([C@@H]3[C@@H](c4ccccn4)NC(=S)N3c3cc(OC)ccc3OC)c2C)c1. The van der Waals surface area contributed by atoms with Crippen molar-refractivity contribution in [2.45, 2.75) is 25.9 Å². The van der Waals surface area contributed by atoms with Gasteiger partial charge in [-0.2, -0.15) is 0 Å². The smallest absolute Gasteiger partial charge is 0.174 e. The van der Waals surface area contributed by atoms with E-state index in [2.05, 4.69) is 45.7 Å². The summed E-state index contributed by atoms with van der Waals surface area (Å²) in [4.78, 5) is 6.81. The number of benzene rings is 2. The lowest BCUT2D eigenvalue weighted by Crippen LogP contribution is -2.30. The molecule has 8 heteroatoms. The summed E-state index contributed by atoms with van der Waals surface area (Å²) < 4.78 is 19.1. The van der Waals surface area contributed by atoms with Crippen LogP contribution in [0.3, 0.4) is 0 Å². The van der Waals surface area contributed by atoms with Gasteiger partial charge in [0.05, 0.1) is 44.8 Å². The zero-order valence-corrected chi connectivity index (χ0v) is 22.4. The number of hydrogen-bond donors (Lipinski definition) is 1. The molecule has 3 heterocycles. The minimum atomic E-state index is -0.186. The summed E-state index contributed by atoms with van der Waals surface area (Å²) in [5.74, 6) is 2.24. The van der Waals surface area contributed by atoms with Gasteiger partial charge in [0.1, 0.15) is 17.2 Å². The molecule has 2 aromatic carbocycles. The molecule has 1 fully saturated rings. The first kappa shape index (κ1) is 24.6. The third-order valence-corrected chi connectivity index (χ3v) is 7.16. The summed E-state index contributed by atoms with van der Waals surface area (Å²) >= 11 is 5.94. The molecule has 0 radical (unpaired) electrons. The molecule has 0 amide bonds. The van der Waals surface area contributed by atoms with Crippen LogP contribution in [0.25, 0.3) is 5.69 Å². The Labute approximate surface area is 222 Å². The molecule has 2 aromatic heterocycles. The van der Waals surface area contributed by atoms with Gasteiger partial charge in [-0.1, -0.05) is 12.1 Å². The minimum absolute atomic E-state index is 0.177. The Morgan fingerprint density at radius 2 is 1.65 bits per heavy atom. The first-order chi connectivity index (χ1) is 18.0. The van der Waals surface area contributed by atoms with E-state index in [1.54, 1.807) is 21.3 Å². The summed E-state index contributed by atoms with van der Waals surface area (Å²) in [6.45, 7) is 4.25. The Bertz CT molecular complexity index is 1440. The van der Waals surface area contributed by atoms with Crippen molar-refractivity contribution in [3.63, 3.8) is 0 Å². The fourth-order valence-corrected chi connectivity index (χ4v) is 5.49.